The van der Waals surface area contributed by atoms with Crippen molar-refractivity contribution in [1.29, 1.82) is 5.26 Å². The van der Waals surface area contributed by atoms with E-state index in [9.17, 15) is 4.39 Å². The molecule has 0 aliphatic heterocycles. The van der Waals surface area contributed by atoms with Gasteiger partial charge in [-0.2, -0.15) is 5.26 Å². The standard InChI is InChI=1S/C15H13FN2/c16-13-6-3-5-12-10(8-9-17)11-4-1-2-7-14(11)18-15(12)13/h3,5-6H,1-2,4,7-8H2. The lowest BCUT2D eigenvalue weighted by atomic mass is 9.89. The van der Waals surface area contributed by atoms with Crippen LogP contribution in [0, 0.1) is 17.1 Å². The zero-order valence-corrected chi connectivity index (χ0v) is 10.0. The van der Waals surface area contributed by atoms with E-state index in [-0.39, 0.29) is 5.82 Å². The van der Waals surface area contributed by atoms with E-state index in [1.807, 2.05) is 6.07 Å². The van der Waals surface area contributed by atoms with Crippen LogP contribution in [-0.2, 0) is 19.3 Å². The number of pyridine rings is 1. The van der Waals surface area contributed by atoms with Crippen molar-refractivity contribution < 1.29 is 4.39 Å². The molecule has 90 valence electrons. The van der Waals surface area contributed by atoms with Crippen molar-refractivity contribution in [3.8, 4) is 6.07 Å². The highest BCUT2D eigenvalue weighted by atomic mass is 19.1. The molecule has 0 amide bonds. The number of nitrogens with zero attached hydrogens (tertiary/aromatic N) is 2. The number of para-hydroxylation sites is 1. The predicted molar refractivity (Wildman–Crippen MR) is 67.7 cm³/mol. The Morgan fingerprint density at radius 1 is 1.28 bits per heavy atom. The van der Waals surface area contributed by atoms with E-state index in [0.29, 0.717) is 11.9 Å². The molecule has 0 radical (unpaired) electrons. The third-order valence-electron chi connectivity index (χ3n) is 3.62. The molecule has 3 rings (SSSR count). The van der Waals surface area contributed by atoms with Gasteiger partial charge >= 0.3 is 0 Å². The van der Waals surface area contributed by atoms with E-state index in [0.717, 1.165) is 42.3 Å². The molecular formula is C15H13FN2. The number of aryl methyl sites for hydroxylation is 1. The summed E-state index contributed by atoms with van der Waals surface area (Å²) in [6.07, 6.45) is 4.44. The second-order valence-electron chi connectivity index (χ2n) is 4.69. The van der Waals surface area contributed by atoms with E-state index in [2.05, 4.69) is 11.1 Å². The zero-order chi connectivity index (χ0) is 12.5. The summed E-state index contributed by atoms with van der Waals surface area (Å²) in [5, 5.41) is 9.79. The molecule has 0 N–H and O–H groups in total. The first kappa shape index (κ1) is 11.2. The highest BCUT2D eigenvalue weighted by Gasteiger charge is 2.18. The molecule has 0 bridgehead atoms. The molecule has 1 heterocycles. The Balaban J connectivity index is 2.37. The average Bonchev–Trinajstić information content (AvgIpc) is 2.40. The molecule has 0 spiro atoms. The smallest absolute Gasteiger partial charge is 0.149 e. The van der Waals surface area contributed by atoms with Gasteiger partial charge in [-0.25, -0.2) is 9.37 Å². The van der Waals surface area contributed by atoms with Gasteiger partial charge in [0.2, 0.25) is 0 Å². The fourth-order valence-electron chi connectivity index (χ4n) is 2.79. The third kappa shape index (κ3) is 1.65. The molecule has 2 aromatic rings. The van der Waals surface area contributed by atoms with Gasteiger partial charge in [-0.1, -0.05) is 12.1 Å². The van der Waals surface area contributed by atoms with Gasteiger partial charge in [0.05, 0.1) is 12.5 Å². The van der Waals surface area contributed by atoms with Crippen LogP contribution in [0.15, 0.2) is 18.2 Å². The minimum absolute atomic E-state index is 0.292. The van der Waals surface area contributed by atoms with Crippen LogP contribution < -0.4 is 0 Å². The topological polar surface area (TPSA) is 36.7 Å². The van der Waals surface area contributed by atoms with E-state index in [4.69, 9.17) is 5.26 Å². The minimum Gasteiger partial charge on any atom is -0.249 e. The molecule has 18 heavy (non-hydrogen) atoms. The number of rotatable bonds is 1. The maximum Gasteiger partial charge on any atom is 0.149 e. The van der Waals surface area contributed by atoms with Gasteiger partial charge in [0.15, 0.2) is 0 Å². The molecule has 1 aliphatic rings. The van der Waals surface area contributed by atoms with Crippen molar-refractivity contribution in [3.63, 3.8) is 0 Å². The second kappa shape index (κ2) is 4.38. The maximum absolute atomic E-state index is 13.8. The molecular weight excluding hydrogens is 227 g/mol. The second-order valence-corrected chi connectivity index (χ2v) is 4.69. The number of hydrogen-bond donors (Lipinski definition) is 0. The summed E-state index contributed by atoms with van der Waals surface area (Å²) in [6.45, 7) is 0. The van der Waals surface area contributed by atoms with Crippen molar-refractivity contribution in [1.82, 2.24) is 4.98 Å². The molecule has 1 aliphatic carbocycles. The first-order chi connectivity index (χ1) is 8.81. The van der Waals surface area contributed by atoms with Gasteiger partial charge in [-0.15, -0.1) is 0 Å². The van der Waals surface area contributed by atoms with Crippen LogP contribution in [0.2, 0.25) is 0 Å². The van der Waals surface area contributed by atoms with E-state index >= 15 is 0 Å². The molecule has 2 nitrogen and oxygen atoms in total. The number of halogens is 1. The monoisotopic (exact) mass is 240 g/mol. The van der Waals surface area contributed by atoms with Crippen LogP contribution in [0.1, 0.15) is 29.7 Å². The highest BCUT2D eigenvalue weighted by molar-refractivity contribution is 5.84. The minimum atomic E-state index is -0.292. The van der Waals surface area contributed by atoms with Gasteiger partial charge in [0, 0.05) is 11.1 Å². The summed E-state index contributed by atoms with van der Waals surface area (Å²) in [5.74, 6) is -0.292. The van der Waals surface area contributed by atoms with Crippen molar-refractivity contribution >= 4 is 10.9 Å². The summed E-state index contributed by atoms with van der Waals surface area (Å²) in [7, 11) is 0. The lowest BCUT2D eigenvalue weighted by Crippen LogP contribution is -2.10. The van der Waals surface area contributed by atoms with Crippen LogP contribution in [0.4, 0.5) is 4.39 Å². The van der Waals surface area contributed by atoms with Gasteiger partial charge in [-0.05, 0) is 42.9 Å². The van der Waals surface area contributed by atoms with Gasteiger partial charge < -0.3 is 0 Å². The summed E-state index contributed by atoms with van der Waals surface area (Å²) in [5.41, 5.74) is 3.57. The summed E-state index contributed by atoms with van der Waals surface area (Å²) < 4.78 is 13.8. The molecule has 0 unspecified atom stereocenters. The van der Waals surface area contributed by atoms with Crippen molar-refractivity contribution in [2.24, 2.45) is 0 Å². The Hall–Kier alpha value is -1.95. The van der Waals surface area contributed by atoms with E-state index < -0.39 is 0 Å². The number of aromatic nitrogens is 1. The van der Waals surface area contributed by atoms with Gasteiger partial charge in [-0.3, -0.25) is 0 Å². The summed E-state index contributed by atoms with van der Waals surface area (Å²) in [4.78, 5) is 4.47. The normalized spacial score (nSPS) is 14.2. The number of hydrogen-bond acceptors (Lipinski definition) is 2. The fourth-order valence-corrected chi connectivity index (χ4v) is 2.79. The SMILES string of the molecule is N#CCc1c2c(nc3c(F)cccc13)CCCC2. The lowest BCUT2D eigenvalue weighted by Gasteiger charge is -2.19. The molecule has 1 aromatic carbocycles. The Morgan fingerprint density at radius 2 is 2.11 bits per heavy atom. The van der Waals surface area contributed by atoms with E-state index in [1.165, 1.54) is 11.6 Å². The lowest BCUT2D eigenvalue weighted by molar-refractivity contribution is 0.631. The Labute approximate surface area is 105 Å². The van der Waals surface area contributed by atoms with Crippen LogP contribution in [0.25, 0.3) is 10.9 Å². The van der Waals surface area contributed by atoms with Crippen LogP contribution in [0.3, 0.4) is 0 Å². The third-order valence-corrected chi connectivity index (χ3v) is 3.62. The number of fused-ring (bicyclic) bond motifs is 2. The van der Waals surface area contributed by atoms with Crippen molar-refractivity contribution in [2.75, 3.05) is 0 Å². The van der Waals surface area contributed by atoms with E-state index in [1.54, 1.807) is 6.07 Å². The van der Waals surface area contributed by atoms with Crippen LogP contribution in [0.5, 0.6) is 0 Å². The predicted octanol–water partition coefficient (Wildman–Crippen LogP) is 3.32. The Bertz CT molecular complexity index is 656. The first-order valence-corrected chi connectivity index (χ1v) is 6.27. The fraction of sp³-hybridized carbons (Fsp3) is 0.333. The zero-order valence-electron chi connectivity index (χ0n) is 10.0. The van der Waals surface area contributed by atoms with Crippen molar-refractivity contribution in [2.45, 2.75) is 32.1 Å². The Morgan fingerprint density at radius 3 is 2.94 bits per heavy atom. The van der Waals surface area contributed by atoms with Gasteiger partial charge in [0.1, 0.15) is 11.3 Å². The first-order valence-electron chi connectivity index (χ1n) is 6.27. The van der Waals surface area contributed by atoms with Crippen LogP contribution in [-0.4, -0.2) is 4.98 Å². The molecule has 1 aromatic heterocycles. The quantitative estimate of drug-likeness (QED) is 0.766. The summed E-state index contributed by atoms with van der Waals surface area (Å²) >= 11 is 0. The van der Waals surface area contributed by atoms with Crippen molar-refractivity contribution in [3.05, 3.63) is 40.8 Å². The summed E-state index contributed by atoms with van der Waals surface area (Å²) in [6, 6.07) is 7.18. The average molecular weight is 240 g/mol. The molecule has 0 saturated heterocycles. The largest absolute Gasteiger partial charge is 0.249 e. The molecule has 0 saturated carbocycles. The highest BCUT2D eigenvalue weighted by Crippen LogP contribution is 2.30. The molecule has 0 atom stereocenters. The Kier molecular flexibility index (Phi) is 2.71. The van der Waals surface area contributed by atoms with Crippen LogP contribution >= 0.6 is 0 Å². The molecule has 3 heteroatoms. The van der Waals surface area contributed by atoms with Gasteiger partial charge in [0.25, 0.3) is 0 Å². The maximum atomic E-state index is 13.8. The molecule has 0 fully saturated rings. The number of nitriles is 1. The number of benzene rings is 1.